The number of amides is 1. The largest absolute Gasteiger partial charge is 0.450 e. The van der Waals surface area contributed by atoms with Crippen molar-refractivity contribution >= 4 is 49.6 Å². The van der Waals surface area contributed by atoms with Crippen LogP contribution in [0.1, 0.15) is 12.7 Å². The number of halogens is 1. The third kappa shape index (κ3) is 5.78. The fourth-order valence-electron chi connectivity index (χ4n) is 2.02. The smallest absolute Gasteiger partial charge is 0.331 e. The summed E-state index contributed by atoms with van der Waals surface area (Å²) in [6.45, 7) is 1.41. The van der Waals surface area contributed by atoms with Gasteiger partial charge >= 0.3 is 5.97 Å². The number of nitrogens with one attached hydrogen (secondary N) is 1. The van der Waals surface area contributed by atoms with E-state index < -0.39 is 28.0 Å². The SMILES string of the molecule is C[C@H](OC(=O)/C=C/c1ccc(Br)o1)C(=O)Nc1cccc(S(=O)(=O)N(C)C)c1. The number of hydrogen-bond acceptors (Lipinski definition) is 6. The molecular weight excluding hydrogens is 452 g/mol. The van der Waals surface area contributed by atoms with Crippen molar-refractivity contribution in [3.8, 4) is 0 Å². The number of carbonyl (C=O) groups excluding carboxylic acids is 2. The molecule has 0 aliphatic heterocycles. The molecule has 0 bridgehead atoms. The molecule has 0 spiro atoms. The molecule has 2 rings (SSSR count). The average molecular weight is 471 g/mol. The summed E-state index contributed by atoms with van der Waals surface area (Å²) in [4.78, 5) is 24.1. The lowest BCUT2D eigenvalue weighted by Crippen LogP contribution is -2.29. The molecule has 1 N–H and O–H groups in total. The number of ether oxygens (including phenoxy) is 1. The Bertz CT molecular complexity index is 997. The van der Waals surface area contributed by atoms with Crippen molar-refractivity contribution in [3.63, 3.8) is 0 Å². The number of benzene rings is 1. The molecule has 8 nitrogen and oxygen atoms in total. The topological polar surface area (TPSA) is 106 Å². The van der Waals surface area contributed by atoms with Crippen LogP contribution >= 0.6 is 15.9 Å². The van der Waals surface area contributed by atoms with Gasteiger partial charge in [0.2, 0.25) is 10.0 Å². The Balaban J connectivity index is 1.98. The van der Waals surface area contributed by atoms with Crippen molar-refractivity contribution in [2.75, 3.05) is 19.4 Å². The molecule has 1 heterocycles. The van der Waals surface area contributed by atoms with E-state index in [2.05, 4.69) is 21.2 Å². The van der Waals surface area contributed by atoms with Gasteiger partial charge in [0.05, 0.1) is 4.90 Å². The molecule has 0 aliphatic rings. The van der Waals surface area contributed by atoms with Crippen molar-refractivity contribution in [1.29, 1.82) is 0 Å². The summed E-state index contributed by atoms with van der Waals surface area (Å²) in [5.74, 6) is -0.874. The zero-order valence-corrected chi connectivity index (χ0v) is 17.8. The van der Waals surface area contributed by atoms with Crippen LogP contribution in [-0.2, 0) is 24.3 Å². The highest BCUT2D eigenvalue weighted by molar-refractivity contribution is 9.10. The maximum Gasteiger partial charge on any atom is 0.331 e. The molecule has 10 heteroatoms. The van der Waals surface area contributed by atoms with Crippen LogP contribution < -0.4 is 5.32 Å². The predicted molar refractivity (Wildman–Crippen MR) is 107 cm³/mol. The number of esters is 1. The minimum Gasteiger partial charge on any atom is -0.450 e. The van der Waals surface area contributed by atoms with Gasteiger partial charge in [0.15, 0.2) is 10.8 Å². The Kier molecular flexibility index (Phi) is 7.17. The van der Waals surface area contributed by atoms with Crippen molar-refractivity contribution in [3.05, 3.63) is 52.9 Å². The molecule has 150 valence electrons. The van der Waals surface area contributed by atoms with Crippen LogP contribution in [-0.4, -0.2) is 44.8 Å². The van der Waals surface area contributed by atoms with Crippen LogP contribution in [0, 0.1) is 0 Å². The second-order valence-electron chi connectivity index (χ2n) is 5.86. The number of furan rings is 1. The first-order chi connectivity index (χ1) is 13.1. The van der Waals surface area contributed by atoms with Gasteiger partial charge in [-0.15, -0.1) is 0 Å². The molecule has 0 fully saturated rings. The lowest BCUT2D eigenvalue weighted by molar-refractivity contribution is -0.148. The van der Waals surface area contributed by atoms with E-state index in [0.717, 1.165) is 10.4 Å². The molecular formula is C18H19BrN2O6S. The third-order valence-corrected chi connectivity index (χ3v) is 5.76. The lowest BCUT2D eigenvalue weighted by atomic mass is 10.3. The first-order valence-corrected chi connectivity index (χ1v) is 10.3. The molecule has 1 atom stereocenters. The normalized spacial score (nSPS) is 12.9. The predicted octanol–water partition coefficient (Wildman–Crippen LogP) is 2.88. The summed E-state index contributed by atoms with van der Waals surface area (Å²) in [7, 11) is -0.804. The highest BCUT2D eigenvalue weighted by atomic mass is 79.9. The summed E-state index contributed by atoms with van der Waals surface area (Å²) in [5.41, 5.74) is 0.270. The first-order valence-electron chi connectivity index (χ1n) is 8.07. The van der Waals surface area contributed by atoms with Gasteiger partial charge in [0.1, 0.15) is 5.76 Å². The minimum atomic E-state index is -3.63. The molecule has 0 radical (unpaired) electrons. The summed E-state index contributed by atoms with van der Waals surface area (Å²) in [5, 5.41) is 2.53. The molecule has 0 saturated heterocycles. The van der Waals surface area contributed by atoms with Gasteiger partial charge in [-0.1, -0.05) is 6.07 Å². The van der Waals surface area contributed by atoms with Crippen molar-refractivity contribution in [2.24, 2.45) is 0 Å². The van der Waals surface area contributed by atoms with E-state index in [9.17, 15) is 18.0 Å². The van der Waals surface area contributed by atoms with E-state index in [1.54, 1.807) is 12.1 Å². The summed E-state index contributed by atoms with van der Waals surface area (Å²) in [6, 6.07) is 9.12. The van der Waals surface area contributed by atoms with E-state index in [-0.39, 0.29) is 10.6 Å². The highest BCUT2D eigenvalue weighted by Crippen LogP contribution is 2.18. The molecule has 0 saturated carbocycles. The standard InChI is InChI=1S/C18H19BrN2O6S/c1-12(26-17(22)10-8-14-7-9-16(19)27-14)18(23)20-13-5-4-6-15(11-13)28(24,25)21(2)3/h4-12H,1-3H3,(H,20,23)/b10-8+/t12-/m0/s1. The summed E-state index contributed by atoms with van der Waals surface area (Å²) >= 11 is 3.15. The highest BCUT2D eigenvalue weighted by Gasteiger charge is 2.20. The second kappa shape index (κ2) is 9.18. The van der Waals surface area contributed by atoms with Crippen LogP contribution in [0.5, 0.6) is 0 Å². The third-order valence-electron chi connectivity index (χ3n) is 3.52. The Morgan fingerprint density at radius 2 is 1.96 bits per heavy atom. The van der Waals surface area contributed by atoms with Gasteiger partial charge in [-0.05, 0) is 59.3 Å². The van der Waals surface area contributed by atoms with Gasteiger partial charge in [0.25, 0.3) is 5.91 Å². The number of carbonyl (C=O) groups is 2. The van der Waals surface area contributed by atoms with E-state index in [1.807, 2.05) is 0 Å². The van der Waals surface area contributed by atoms with Gasteiger partial charge in [-0.3, -0.25) is 4.79 Å². The molecule has 0 unspecified atom stereocenters. The number of nitrogens with zero attached hydrogens (tertiary/aromatic N) is 1. The van der Waals surface area contributed by atoms with Gasteiger partial charge in [-0.2, -0.15) is 0 Å². The van der Waals surface area contributed by atoms with E-state index >= 15 is 0 Å². The Hall–Kier alpha value is -2.43. The monoisotopic (exact) mass is 470 g/mol. The lowest BCUT2D eigenvalue weighted by Gasteiger charge is -2.14. The molecule has 2 aromatic rings. The summed E-state index contributed by atoms with van der Waals surface area (Å²) < 4.78 is 36.2. The molecule has 0 aliphatic carbocycles. The van der Waals surface area contributed by atoms with Crippen molar-refractivity contribution < 1.29 is 27.2 Å². The minimum absolute atomic E-state index is 0.0347. The van der Waals surface area contributed by atoms with Crippen LogP contribution in [0.4, 0.5) is 5.69 Å². The number of hydrogen-bond donors (Lipinski definition) is 1. The number of anilines is 1. The quantitative estimate of drug-likeness (QED) is 0.492. The van der Waals surface area contributed by atoms with Crippen molar-refractivity contribution in [1.82, 2.24) is 4.31 Å². The second-order valence-corrected chi connectivity index (χ2v) is 8.79. The van der Waals surface area contributed by atoms with Gasteiger partial charge < -0.3 is 14.5 Å². The molecule has 1 aromatic carbocycles. The van der Waals surface area contributed by atoms with Gasteiger partial charge in [-0.25, -0.2) is 17.5 Å². The zero-order valence-electron chi connectivity index (χ0n) is 15.4. The fraction of sp³-hybridized carbons (Fsp3) is 0.222. The van der Waals surface area contributed by atoms with Gasteiger partial charge in [0, 0.05) is 25.9 Å². The number of rotatable bonds is 7. The van der Waals surface area contributed by atoms with Crippen LogP contribution in [0.25, 0.3) is 6.08 Å². The number of sulfonamides is 1. The first kappa shape index (κ1) is 21.9. The fourth-order valence-corrected chi connectivity index (χ4v) is 3.29. The van der Waals surface area contributed by atoms with E-state index in [0.29, 0.717) is 10.4 Å². The summed E-state index contributed by atoms with van der Waals surface area (Å²) in [6.07, 6.45) is 1.46. The van der Waals surface area contributed by atoms with Crippen molar-refractivity contribution in [2.45, 2.75) is 17.9 Å². The maximum atomic E-state index is 12.2. The van der Waals surface area contributed by atoms with Crippen LogP contribution in [0.2, 0.25) is 0 Å². The van der Waals surface area contributed by atoms with Crippen LogP contribution in [0.3, 0.4) is 0 Å². The molecule has 28 heavy (non-hydrogen) atoms. The Labute approximate surface area is 171 Å². The molecule has 1 aromatic heterocycles. The van der Waals surface area contributed by atoms with E-state index in [1.165, 1.54) is 51.4 Å². The van der Waals surface area contributed by atoms with Crippen LogP contribution in [0.15, 0.2) is 56.5 Å². The Morgan fingerprint density at radius 3 is 2.57 bits per heavy atom. The van der Waals surface area contributed by atoms with E-state index in [4.69, 9.17) is 9.15 Å². The zero-order chi connectivity index (χ0) is 20.9. The average Bonchev–Trinajstić information content (AvgIpc) is 3.05. The molecule has 1 amide bonds. The maximum absolute atomic E-state index is 12.2. The Morgan fingerprint density at radius 1 is 1.25 bits per heavy atom.